The van der Waals surface area contributed by atoms with Gasteiger partial charge in [0.05, 0.1) is 11.4 Å². The van der Waals surface area contributed by atoms with Gasteiger partial charge >= 0.3 is 0 Å². The maximum absolute atomic E-state index is 13.7. The van der Waals surface area contributed by atoms with E-state index in [2.05, 4.69) is 118 Å². The number of carbonyl (C=O) groups excluding carboxylic acids is 1. The third-order valence-electron chi connectivity index (χ3n) is 7.46. The number of hydrogen-bond donors (Lipinski definition) is 1. The summed E-state index contributed by atoms with van der Waals surface area (Å²) in [6.07, 6.45) is 0.793. The number of rotatable bonds is 8. The number of nitrogens with zero attached hydrogens (tertiary/aromatic N) is 2. The smallest absolute Gasteiger partial charge is 0.270 e. The van der Waals surface area contributed by atoms with Gasteiger partial charge in [0, 0.05) is 18.0 Å². The van der Waals surface area contributed by atoms with Gasteiger partial charge in [0.2, 0.25) is 0 Å². The number of aryl methyl sites for hydroxylation is 4. The molecule has 1 heterocycles. The van der Waals surface area contributed by atoms with Crippen LogP contribution in [-0.2, 0) is 0 Å². The lowest BCUT2D eigenvalue weighted by Gasteiger charge is -2.18. The van der Waals surface area contributed by atoms with Gasteiger partial charge in [0.1, 0.15) is 5.69 Å². The lowest BCUT2D eigenvalue weighted by atomic mass is 9.88. The Morgan fingerprint density at radius 2 is 1.38 bits per heavy atom. The Morgan fingerprint density at radius 3 is 2.03 bits per heavy atom. The van der Waals surface area contributed by atoms with E-state index >= 15 is 0 Å². The molecule has 1 N–H and O–H groups in total. The highest BCUT2D eigenvalue weighted by Gasteiger charge is 2.20. The minimum atomic E-state index is -0.127. The Kier molecular flexibility index (Phi) is 7.74. The van der Waals surface area contributed by atoms with Crippen molar-refractivity contribution in [3.63, 3.8) is 0 Å². The molecule has 0 spiro atoms. The summed E-state index contributed by atoms with van der Waals surface area (Å²) in [5, 5.41) is 8.14. The molecule has 5 aromatic rings. The quantitative estimate of drug-likeness (QED) is 0.231. The zero-order valence-electron chi connectivity index (χ0n) is 23.1. The first kappa shape index (κ1) is 26.2. The van der Waals surface area contributed by atoms with Gasteiger partial charge in [-0.25, -0.2) is 4.68 Å². The van der Waals surface area contributed by atoms with E-state index in [0.717, 1.165) is 34.5 Å². The van der Waals surface area contributed by atoms with Crippen LogP contribution < -0.4 is 5.32 Å². The fraction of sp³-hybridized carbons (Fsp3) is 0.200. The first-order valence-electron chi connectivity index (χ1n) is 13.5. The van der Waals surface area contributed by atoms with E-state index in [1.165, 1.54) is 22.3 Å². The maximum atomic E-state index is 13.7. The molecule has 0 unspecified atom stereocenters. The molecule has 0 saturated carbocycles. The third-order valence-corrected chi connectivity index (χ3v) is 7.46. The molecule has 4 aromatic carbocycles. The monoisotopic (exact) mass is 513 g/mol. The van der Waals surface area contributed by atoms with Crippen LogP contribution in [0, 0.1) is 27.7 Å². The van der Waals surface area contributed by atoms with Crippen LogP contribution >= 0.6 is 0 Å². The first-order chi connectivity index (χ1) is 18.9. The predicted molar refractivity (Wildman–Crippen MR) is 160 cm³/mol. The van der Waals surface area contributed by atoms with Gasteiger partial charge in [0.15, 0.2) is 0 Å². The van der Waals surface area contributed by atoms with Crippen LogP contribution in [0.3, 0.4) is 0 Å². The van der Waals surface area contributed by atoms with Crippen molar-refractivity contribution in [3.05, 3.63) is 142 Å². The summed E-state index contributed by atoms with van der Waals surface area (Å²) in [4.78, 5) is 13.7. The summed E-state index contributed by atoms with van der Waals surface area (Å²) in [7, 11) is 0. The second-order valence-corrected chi connectivity index (χ2v) is 10.3. The van der Waals surface area contributed by atoms with Crippen molar-refractivity contribution in [1.29, 1.82) is 0 Å². The minimum Gasteiger partial charge on any atom is -0.351 e. The van der Waals surface area contributed by atoms with Crippen LogP contribution in [0.15, 0.2) is 103 Å². The average molecular weight is 514 g/mol. The van der Waals surface area contributed by atoms with Gasteiger partial charge in [-0.05, 0) is 85.7 Å². The van der Waals surface area contributed by atoms with Crippen LogP contribution in [0.25, 0.3) is 16.9 Å². The summed E-state index contributed by atoms with van der Waals surface area (Å²) in [5.74, 6) is 0.0704. The Labute approximate surface area is 231 Å². The van der Waals surface area contributed by atoms with E-state index < -0.39 is 0 Å². The van der Waals surface area contributed by atoms with Crippen molar-refractivity contribution >= 4 is 5.91 Å². The van der Waals surface area contributed by atoms with Crippen LogP contribution in [0.1, 0.15) is 56.2 Å². The SMILES string of the molecule is Cc1ccc(C)c(-n2nc(-c3ccc(C)c(C)c3)cc2C(=O)NCCC(c2ccccc2)c2ccccc2)c1. The number of amides is 1. The fourth-order valence-electron chi connectivity index (χ4n) is 5.03. The van der Waals surface area contributed by atoms with E-state index in [0.29, 0.717) is 12.2 Å². The molecular formula is C35H35N3O. The van der Waals surface area contributed by atoms with Gasteiger partial charge in [0.25, 0.3) is 5.91 Å². The molecule has 0 aliphatic carbocycles. The van der Waals surface area contributed by atoms with Crippen molar-refractivity contribution in [2.45, 2.75) is 40.0 Å². The van der Waals surface area contributed by atoms with Gasteiger partial charge in [-0.2, -0.15) is 5.10 Å². The van der Waals surface area contributed by atoms with Crippen molar-refractivity contribution in [2.24, 2.45) is 0 Å². The summed E-state index contributed by atoms with van der Waals surface area (Å²) in [6, 6.07) is 35.5. The van der Waals surface area contributed by atoms with E-state index in [4.69, 9.17) is 5.10 Å². The van der Waals surface area contributed by atoms with Crippen LogP contribution in [0.2, 0.25) is 0 Å². The third kappa shape index (κ3) is 5.85. The zero-order chi connectivity index (χ0) is 27.4. The number of benzene rings is 4. The summed E-state index contributed by atoms with van der Waals surface area (Å²) in [5.41, 5.74) is 10.4. The van der Waals surface area contributed by atoms with E-state index in [1.807, 2.05) is 18.2 Å². The molecule has 0 radical (unpaired) electrons. The topological polar surface area (TPSA) is 46.9 Å². The second-order valence-electron chi connectivity index (χ2n) is 10.3. The molecule has 39 heavy (non-hydrogen) atoms. The molecule has 0 saturated heterocycles. The predicted octanol–water partition coefficient (Wildman–Crippen LogP) is 7.72. The fourth-order valence-corrected chi connectivity index (χ4v) is 5.03. The van der Waals surface area contributed by atoms with Gasteiger partial charge in [-0.15, -0.1) is 0 Å². The molecule has 1 aromatic heterocycles. The molecule has 0 bridgehead atoms. The van der Waals surface area contributed by atoms with Crippen molar-refractivity contribution in [1.82, 2.24) is 15.1 Å². The highest BCUT2D eigenvalue weighted by molar-refractivity contribution is 5.94. The van der Waals surface area contributed by atoms with Gasteiger partial charge < -0.3 is 5.32 Å². The molecular weight excluding hydrogens is 478 g/mol. The van der Waals surface area contributed by atoms with Crippen molar-refractivity contribution in [3.8, 4) is 16.9 Å². The lowest BCUT2D eigenvalue weighted by molar-refractivity contribution is 0.0945. The van der Waals surface area contributed by atoms with Gasteiger partial charge in [-0.3, -0.25) is 4.79 Å². The molecule has 0 aliphatic rings. The van der Waals surface area contributed by atoms with E-state index in [1.54, 1.807) is 4.68 Å². The Balaban J connectivity index is 1.44. The van der Waals surface area contributed by atoms with Crippen LogP contribution in [0.5, 0.6) is 0 Å². The zero-order valence-corrected chi connectivity index (χ0v) is 23.1. The average Bonchev–Trinajstić information content (AvgIpc) is 3.40. The Bertz CT molecular complexity index is 1550. The van der Waals surface area contributed by atoms with E-state index in [-0.39, 0.29) is 11.8 Å². The first-order valence-corrected chi connectivity index (χ1v) is 13.5. The number of carbonyl (C=O) groups is 1. The number of nitrogens with one attached hydrogen (secondary N) is 1. The highest BCUT2D eigenvalue weighted by atomic mass is 16.2. The Morgan fingerprint density at radius 1 is 0.744 bits per heavy atom. The van der Waals surface area contributed by atoms with E-state index in [9.17, 15) is 4.79 Å². The van der Waals surface area contributed by atoms with Crippen LogP contribution in [0.4, 0.5) is 0 Å². The van der Waals surface area contributed by atoms with Crippen molar-refractivity contribution in [2.75, 3.05) is 6.54 Å². The summed E-state index contributed by atoms with van der Waals surface area (Å²) in [6.45, 7) is 8.86. The normalized spacial score (nSPS) is 11.1. The lowest BCUT2D eigenvalue weighted by Crippen LogP contribution is -2.28. The summed E-state index contributed by atoms with van der Waals surface area (Å²) >= 11 is 0. The molecule has 4 heteroatoms. The molecule has 4 nitrogen and oxygen atoms in total. The molecule has 0 atom stereocenters. The molecule has 0 fully saturated rings. The molecule has 5 rings (SSSR count). The standard InChI is InChI=1S/C35H35N3O/c1-24-15-16-26(3)33(21-24)38-34(23-32(37-38)30-18-17-25(2)27(4)22-30)35(39)36-20-19-31(28-11-7-5-8-12-28)29-13-9-6-10-14-29/h5-18,21-23,31H,19-20H2,1-4H3,(H,36,39). The molecule has 1 amide bonds. The highest BCUT2D eigenvalue weighted by Crippen LogP contribution is 2.28. The maximum Gasteiger partial charge on any atom is 0.270 e. The second kappa shape index (κ2) is 11.5. The molecule has 0 aliphatic heterocycles. The number of aromatic nitrogens is 2. The van der Waals surface area contributed by atoms with Crippen molar-refractivity contribution < 1.29 is 4.79 Å². The molecule has 196 valence electrons. The largest absolute Gasteiger partial charge is 0.351 e. The Hall–Kier alpha value is -4.44. The van der Waals surface area contributed by atoms with Crippen LogP contribution in [-0.4, -0.2) is 22.2 Å². The summed E-state index contributed by atoms with van der Waals surface area (Å²) < 4.78 is 1.80. The minimum absolute atomic E-state index is 0.127. The number of hydrogen-bond acceptors (Lipinski definition) is 2. The van der Waals surface area contributed by atoms with Gasteiger partial charge in [-0.1, -0.05) is 84.9 Å².